The normalized spacial score (nSPS) is 12.5. The first-order valence-corrected chi connectivity index (χ1v) is 27.3. The summed E-state index contributed by atoms with van der Waals surface area (Å²) in [5, 5.41) is 0. The third kappa shape index (κ3) is 50.1. The molecular weight excluding hydrogens is 793 g/mol. The van der Waals surface area contributed by atoms with Crippen LogP contribution >= 0.6 is 0 Å². The molecule has 6 nitrogen and oxygen atoms in total. The van der Waals surface area contributed by atoms with Crippen molar-refractivity contribution in [2.24, 2.45) is 0 Å². The van der Waals surface area contributed by atoms with Gasteiger partial charge in [-0.1, -0.05) is 236 Å². The Hall–Kier alpha value is -2.89. The van der Waals surface area contributed by atoms with Crippen LogP contribution in [0.4, 0.5) is 0 Å². The van der Waals surface area contributed by atoms with Crippen LogP contribution < -0.4 is 0 Å². The largest absolute Gasteiger partial charge is 0.462 e. The second-order valence-electron chi connectivity index (χ2n) is 18.1. The number of carbonyl (C=O) groups is 3. The Labute approximate surface area is 396 Å². The second kappa shape index (κ2) is 52.7. The molecule has 0 radical (unpaired) electrons. The number of rotatable bonds is 49. The van der Waals surface area contributed by atoms with Crippen LogP contribution in [0.25, 0.3) is 0 Å². The zero-order valence-corrected chi connectivity index (χ0v) is 42.3. The molecule has 6 heteroatoms. The summed E-state index contributed by atoms with van der Waals surface area (Å²) in [4.78, 5) is 38.1. The van der Waals surface area contributed by atoms with Crippen molar-refractivity contribution in [3.63, 3.8) is 0 Å². The molecule has 0 bridgehead atoms. The lowest BCUT2D eigenvalue weighted by Crippen LogP contribution is -2.30. The minimum absolute atomic E-state index is 0.0807. The fourth-order valence-electron chi connectivity index (χ4n) is 7.73. The molecule has 64 heavy (non-hydrogen) atoms. The molecule has 0 spiro atoms. The van der Waals surface area contributed by atoms with E-state index in [1.807, 2.05) is 0 Å². The van der Waals surface area contributed by atoms with E-state index in [1.165, 1.54) is 128 Å². The van der Waals surface area contributed by atoms with Gasteiger partial charge in [-0.15, -0.1) is 0 Å². The van der Waals surface area contributed by atoms with Gasteiger partial charge in [-0.25, -0.2) is 0 Å². The van der Waals surface area contributed by atoms with Crippen LogP contribution in [0, 0.1) is 0 Å². The van der Waals surface area contributed by atoms with Gasteiger partial charge >= 0.3 is 17.9 Å². The molecule has 0 rings (SSSR count). The monoisotopic (exact) mass is 895 g/mol. The lowest BCUT2D eigenvalue weighted by Gasteiger charge is -2.18. The summed E-state index contributed by atoms with van der Waals surface area (Å²) in [5.74, 6) is -0.891. The topological polar surface area (TPSA) is 78.9 Å². The van der Waals surface area contributed by atoms with Gasteiger partial charge in [0.05, 0.1) is 0 Å². The summed E-state index contributed by atoms with van der Waals surface area (Å²) in [7, 11) is 0. The zero-order valence-electron chi connectivity index (χ0n) is 42.3. The lowest BCUT2D eigenvalue weighted by atomic mass is 10.0. The first kappa shape index (κ1) is 61.1. The van der Waals surface area contributed by atoms with Crippen molar-refractivity contribution in [3.8, 4) is 0 Å². The van der Waals surface area contributed by atoms with Gasteiger partial charge in [-0.05, 0) is 77.0 Å². The molecule has 0 aromatic rings. The van der Waals surface area contributed by atoms with E-state index in [1.54, 1.807) is 0 Å². The van der Waals surface area contributed by atoms with Gasteiger partial charge in [0.1, 0.15) is 13.2 Å². The summed E-state index contributed by atoms with van der Waals surface area (Å²) in [6, 6.07) is 0. The Bertz CT molecular complexity index is 1170. The smallest absolute Gasteiger partial charge is 0.306 e. The highest BCUT2D eigenvalue weighted by atomic mass is 16.6. The number of unbranched alkanes of at least 4 members (excludes halogenated alkanes) is 28. The molecular formula is C58H102O6. The minimum Gasteiger partial charge on any atom is -0.462 e. The van der Waals surface area contributed by atoms with Crippen molar-refractivity contribution in [2.75, 3.05) is 13.2 Å². The number of allylic oxidation sites excluding steroid dienone is 10. The summed E-state index contributed by atoms with van der Waals surface area (Å²) >= 11 is 0. The first-order valence-electron chi connectivity index (χ1n) is 27.3. The molecule has 0 amide bonds. The van der Waals surface area contributed by atoms with Crippen molar-refractivity contribution >= 4 is 17.9 Å². The van der Waals surface area contributed by atoms with Crippen molar-refractivity contribution in [2.45, 2.75) is 277 Å². The number of esters is 3. The van der Waals surface area contributed by atoms with E-state index in [2.05, 4.69) is 81.5 Å². The lowest BCUT2D eigenvalue weighted by molar-refractivity contribution is -0.167. The molecule has 0 aliphatic rings. The van der Waals surface area contributed by atoms with Crippen LogP contribution in [0.15, 0.2) is 60.8 Å². The predicted octanol–water partition coefficient (Wildman–Crippen LogP) is 18.0. The summed E-state index contributed by atoms with van der Waals surface area (Å²) < 4.78 is 16.8. The van der Waals surface area contributed by atoms with Crippen LogP contribution in [0.1, 0.15) is 271 Å². The standard InChI is InChI=1S/C58H102O6/c1-4-7-10-13-16-19-22-25-28-30-33-36-39-42-45-48-51-57(60)63-54-55(53-62-56(59)50-47-44-41-38-35-32-27-24-21-18-15-12-9-6-3)64-58(61)52-49-46-43-40-37-34-31-29-26-23-20-17-14-11-8-5-2/h7,9-10,12,16,18-19,21,25,28,55H,4-6,8,11,13-15,17,20,22-24,26-27,29-54H2,1-3H3/b10-7-,12-9-,19-16-,21-18-,28-25-. The molecule has 0 saturated heterocycles. The molecule has 0 aliphatic carbocycles. The van der Waals surface area contributed by atoms with Crippen LogP contribution in [-0.2, 0) is 28.6 Å². The molecule has 1 unspecified atom stereocenters. The van der Waals surface area contributed by atoms with Gasteiger partial charge in [0.2, 0.25) is 0 Å². The van der Waals surface area contributed by atoms with E-state index in [-0.39, 0.29) is 31.1 Å². The SMILES string of the molecule is CC/C=C\C/C=C\C/C=C\CCCCCCCCC(=O)OCC(COC(=O)CCCCCCCCC/C=C\C/C=C\CC)OC(=O)CCCCCCCCCCCCCCCCCC. The fourth-order valence-corrected chi connectivity index (χ4v) is 7.73. The van der Waals surface area contributed by atoms with Crippen molar-refractivity contribution in [3.05, 3.63) is 60.8 Å². The van der Waals surface area contributed by atoms with E-state index >= 15 is 0 Å². The average Bonchev–Trinajstić information content (AvgIpc) is 3.29. The Morgan fingerprint density at radius 3 is 0.953 bits per heavy atom. The second-order valence-corrected chi connectivity index (χ2v) is 18.1. The highest BCUT2D eigenvalue weighted by molar-refractivity contribution is 5.71. The predicted molar refractivity (Wildman–Crippen MR) is 275 cm³/mol. The molecule has 0 fully saturated rings. The van der Waals surface area contributed by atoms with Crippen LogP contribution in [-0.4, -0.2) is 37.2 Å². The van der Waals surface area contributed by atoms with E-state index in [0.717, 1.165) is 103 Å². The molecule has 0 N–H and O–H groups in total. The molecule has 0 aromatic heterocycles. The van der Waals surface area contributed by atoms with Gasteiger partial charge in [0, 0.05) is 19.3 Å². The number of ether oxygens (including phenoxy) is 3. The summed E-state index contributed by atoms with van der Waals surface area (Å²) in [5.41, 5.74) is 0. The van der Waals surface area contributed by atoms with Gasteiger partial charge in [0.25, 0.3) is 0 Å². The maximum atomic E-state index is 12.8. The Morgan fingerprint density at radius 1 is 0.328 bits per heavy atom. The van der Waals surface area contributed by atoms with E-state index in [0.29, 0.717) is 19.3 Å². The highest BCUT2D eigenvalue weighted by Gasteiger charge is 2.19. The van der Waals surface area contributed by atoms with Crippen molar-refractivity contribution < 1.29 is 28.6 Å². The number of hydrogen-bond acceptors (Lipinski definition) is 6. The van der Waals surface area contributed by atoms with E-state index < -0.39 is 6.10 Å². The van der Waals surface area contributed by atoms with Gasteiger partial charge in [-0.3, -0.25) is 14.4 Å². The minimum atomic E-state index is -0.780. The highest BCUT2D eigenvalue weighted by Crippen LogP contribution is 2.16. The van der Waals surface area contributed by atoms with Crippen LogP contribution in [0.2, 0.25) is 0 Å². The molecule has 370 valence electrons. The van der Waals surface area contributed by atoms with Crippen molar-refractivity contribution in [1.29, 1.82) is 0 Å². The Morgan fingerprint density at radius 2 is 0.609 bits per heavy atom. The molecule has 1 atom stereocenters. The van der Waals surface area contributed by atoms with Crippen LogP contribution in [0.5, 0.6) is 0 Å². The van der Waals surface area contributed by atoms with E-state index in [9.17, 15) is 14.4 Å². The maximum absolute atomic E-state index is 12.8. The third-order valence-corrected chi connectivity index (χ3v) is 11.8. The molecule has 0 heterocycles. The molecule has 0 aromatic carbocycles. The van der Waals surface area contributed by atoms with Crippen molar-refractivity contribution in [1.82, 2.24) is 0 Å². The molecule has 0 aliphatic heterocycles. The Kier molecular flexibility index (Phi) is 50.4. The fraction of sp³-hybridized carbons (Fsp3) is 0.776. The zero-order chi connectivity index (χ0) is 46.5. The maximum Gasteiger partial charge on any atom is 0.306 e. The first-order chi connectivity index (χ1) is 31.5. The van der Waals surface area contributed by atoms with Gasteiger partial charge in [-0.2, -0.15) is 0 Å². The average molecular weight is 895 g/mol. The number of carbonyl (C=O) groups excluding carboxylic acids is 3. The quantitative estimate of drug-likeness (QED) is 0.0262. The van der Waals surface area contributed by atoms with Crippen LogP contribution in [0.3, 0.4) is 0 Å². The number of hydrogen-bond donors (Lipinski definition) is 0. The van der Waals surface area contributed by atoms with Gasteiger partial charge in [0.15, 0.2) is 6.10 Å². The Balaban J connectivity index is 4.38. The summed E-state index contributed by atoms with van der Waals surface area (Å²) in [6.45, 7) is 6.43. The summed E-state index contributed by atoms with van der Waals surface area (Å²) in [6.07, 6.45) is 64.9. The molecule has 0 saturated carbocycles. The third-order valence-electron chi connectivity index (χ3n) is 11.8. The van der Waals surface area contributed by atoms with Gasteiger partial charge < -0.3 is 14.2 Å². The van der Waals surface area contributed by atoms with E-state index in [4.69, 9.17) is 14.2 Å².